The van der Waals surface area contributed by atoms with Crippen LogP contribution in [0.2, 0.25) is 0 Å². The molecule has 228 valence electrons. The second-order valence-electron chi connectivity index (χ2n) is 12.8. The van der Waals surface area contributed by atoms with Crippen molar-refractivity contribution in [2.45, 2.75) is 0 Å². The Hall–Kier alpha value is -6.44. The van der Waals surface area contributed by atoms with Crippen LogP contribution in [-0.4, -0.2) is 0 Å². The topological polar surface area (TPSA) is 13.1 Å². The van der Waals surface area contributed by atoms with E-state index in [9.17, 15) is 0 Å². The van der Waals surface area contributed by atoms with Crippen molar-refractivity contribution in [1.29, 1.82) is 0 Å². The lowest BCUT2D eigenvalue weighted by atomic mass is 9.80. The summed E-state index contributed by atoms with van der Waals surface area (Å²) in [6.07, 6.45) is 0. The first kappa shape index (κ1) is 27.7. The van der Waals surface area contributed by atoms with E-state index >= 15 is 0 Å². The van der Waals surface area contributed by atoms with Crippen molar-refractivity contribution in [3.8, 4) is 44.5 Å². The van der Waals surface area contributed by atoms with Gasteiger partial charge in [-0.25, -0.2) is 0 Å². The minimum atomic E-state index is 0.906. The van der Waals surface area contributed by atoms with Crippen molar-refractivity contribution in [3.05, 3.63) is 182 Å². The van der Waals surface area contributed by atoms with Crippen LogP contribution in [0.15, 0.2) is 186 Å². The van der Waals surface area contributed by atoms with Crippen molar-refractivity contribution in [2.24, 2.45) is 0 Å². The van der Waals surface area contributed by atoms with Gasteiger partial charge in [-0.05, 0) is 95.0 Å². The van der Waals surface area contributed by atoms with Gasteiger partial charge in [-0.1, -0.05) is 164 Å². The van der Waals surface area contributed by atoms with E-state index in [0.717, 1.165) is 27.5 Å². The molecule has 0 aliphatic heterocycles. The van der Waals surface area contributed by atoms with E-state index in [4.69, 9.17) is 4.42 Å². The monoisotopic (exact) mass is 622 g/mol. The molecule has 0 fully saturated rings. The number of furan rings is 1. The van der Waals surface area contributed by atoms with Gasteiger partial charge < -0.3 is 4.42 Å². The molecule has 0 spiro atoms. The van der Waals surface area contributed by atoms with E-state index in [-0.39, 0.29) is 0 Å². The third-order valence-electron chi connectivity index (χ3n) is 10.1. The number of hydrogen-bond acceptors (Lipinski definition) is 1. The van der Waals surface area contributed by atoms with Crippen LogP contribution in [0.4, 0.5) is 0 Å². The minimum absolute atomic E-state index is 0.906. The van der Waals surface area contributed by atoms with E-state index in [1.807, 2.05) is 12.1 Å². The second kappa shape index (κ2) is 11.1. The van der Waals surface area contributed by atoms with Gasteiger partial charge in [0.15, 0.2) is 0 Å². The van der Waals surface area contributed by atoms with Crippen LogP contribution >= 0.6 is 0 Å². The Balaban J connectivity index is 1.37. The van der Waals surface area contributed by atoms with Crippen LogP contribution in [0.3, 0.4) is 0 Å². The number of hydrogen-bond donors (Lipinski definition) is 0. The van der Waals surface area contributed by atoms with Gasteiger partial charge in [-0.2, -0.15) is 0 Å². The van der Waals surface area contributed by atoms with Gasteiger partial charge in [0, 0.05) is 10.8 Å². The van der Waals surface area contributed by atoms with E-state index in [0.29, 0.717) is 0 Å². The molecular formula is C48H30O. The SMILES string of the molecule is c1ccc(-c2ccc3cccc(-c4ccccc4)c3c2-c2c3ccccc3c(-c3ccc4c(c3)oc3ccccc34)c3ccccc23)cc1. The van der Waals surface area contributed by atoms with E-state index in [2.05, 4.69) is 170 Å². The van der Waals surface area contributed by atoms with Crippen LogP contribution in [-0.2, 0) is 0 Å². The predicted octanol–water partition coefficient (Wildman–Crippen LogP) is 13.7. The van der Waals surface area contributed by atoms with Gasteiger partial charge >= 0.3 is 0 Å². The third kappa shape index (κ3) is 4.33. The minimum Gasteiger partial charge on any atom is -0.456 e. The molecule has 0 radical (unpaired) electrons. The molecule has 49 heavy (non-hydrogen) atoms. The molecule has 0 aliphatic carbocycles. The summed E-state index contributed by atoms with van der Waals surface area (Å²) in [5.41, 5.74) is 11.6. The Labute approximate surface area is 284 Å². The highest BCUT2D eigenvalue weighted by molar-refractivity contribution is 6.26. The number of para-hydroxylation sites is 1. The fourth-order valence-electron chi connectivity index (χ4n) is 7.95. The molecule has 0 bridgehead atoms. The smallest absolute Gasteiger partial charge is 0.136 e. The van der Waals surface area contributed by atoms with E-state index < -0.39 is 0 Å². The van der Waals surface area contributed by atoms with Crippen molar-refractivity contribution in [1.82, 2.24) is 0 Å². The number of fused-ring (bicyclic) bond motifs is 6. The number of rotatable bonds is 4. The summed E-state index contributed by atoms with van der Waals surface area (Å²) >= 11 is 0. The Bertz CT molecular complexity index is 2800. The molecule has 0 amide bonds. The Morgan fingerprint density at radius 1 is 0.286 bits per heavy atom. The zero-order valence-electron chi connectivity index (χ0n) is 26.7. The Morgan fingerprint density at radius 2 is 0.837 bits per heavy atom. The first-order valence-electron chi connectivity index (χ1n) is 16.9. The molecule has 0 aliphatic rings. The average molecular weight is 623 g/mol. The molecule has 1 heteroatoms. The fraction of sp³-hybridized carbons (Fsp3) is 0. The van der Waals surface area contributed by atoms with Gasteiger partial charge in [-0.15, -0.1) is 0 Å². The molecule has 0 unspecified atom stereocenters. The van der Waals surface area contributed by atoms with Gasteiger partial charge in [-0.3, -0.25) is 0 Å². The molecule has 10 rings (SSSR count). The van der Waals surface area contributed by atoms with E-state index in [1.54, 1.807) is 0 Å². The lowest BCUT2D eigenvalue weighted by molar-refractivity contribution is 0.669. The number of benzene rings is 9. The zero-order chi connectivity index (χ0) is 32.3. The maximum Gasteiger partial charge on any atom is 0.136 e. The maximum atomic E-state index is 6.40. The predicted molar refractivity (Wildman–Crippen MR) is 208 cm³/mol. The lowest BCUT2D eigenvalue weighted by Gasteiger charge is -2.22. The quantitative estimate of drug-likeness (QED) is 0.178. The first-order chi connectivity index (χ1) is 24.3. The zero-order valence-corrected chi connectivity index (χ0v) is 26.7. The van der Waals surface area contributed by atoms with Crippen LogP contribution < -0.4 is 0 Å². The fourth-order valence-corrected chi connectivity index (χ4v) is 7.95. The highest BCUT2D eigenvalue weighted by Crippen LogP contribution is 2.50. The highest BCUT2D eigenvalue weighted by Gasteiger charge is 2.23. The molecule has 1 nitrogen and oxygen atoms in total. The molecule has 0 saturated heterocycles. The standard InChI is InChI=1S/C48H30O/c1-3-14-31(15-4-1)35-24-13-18-33-26-28-36(32-16-5-2-6-17-32)48(46(33)35)47-41-22-9-7-20-39(41)45(40-21-8-10-23-42(40)47)34-27-29-38-37-19-11-12-25-43(37)49-44(38)30-34/h1-30H. The van der Waals surface area contributed by atoms with Gasteiger partial charge in [0.2, 0.25) is 0 Å². The van der Waals surface area contributed by atoms with Gasteiger partial charge in [0.25, 0.3) is 0 Å². The van der Waals surface area contributed by atoms with Crippen LogP contribution in [0.1, 0.15) is 0 Å². The normalized spacial score (nSPS) is 11.7. The molecular weight excluding hydrogens is 593 g/mol. The summed E-state index contributed by atoms with van der Waals surface area (Å²) in [6.45, 7) is 0. The molecule has 9 aromatic carbocycles. The summed E-state index contributed by atoms with van der Waals surface area (Å²) in [5, 5.41) is 9.68. The van der Waals surface area contributed by atoms with Crippen LogP contribution in [0.25, 0.3) is 98.8 Å². The van der Waals surface area contributed by atoms with Crippen molar-refractivity contribution in [2.75, 3.05) is 0 Å². The largest absolute Gasteiger partial charge is 0.456 e. The van der Waals surface area contributed by atoms with Gasteiger partial charge in [0.1, 0.15) is 11.2 Å². The molecule has 0 atom stereocenters. The molecule has 0 N–H and O–H groups in total. The summed E-state index contributed by atoms with van der Waals surface area (Å²) in [7, 11) is 0. The van der Waals surface area contributed by atoms with Crippen molar-refractivity contribution >= 4 is 54.3 Å². The van der Waals surface area contributed by atoms with Gasteiger partial charge in [0.05, 0.1) is 0 Å². The molecule has 10 aromatic rings. The van der Waals surface area contributed by atoms with E-state index in [1.165, 1.54) is 71.3 Å². The molecule has 1 aromatic heterocycles. The maximum absolute atomic E-state index is 6.40. The summed E-state index contributed by atoms with van der Waals surface area (Å²) in [4.78, 5) is 0. The average Bonchev–Trinajstić information content (AvgIpc) is 3.55. The Kier molecular flexibility index (Phi) is 6.25. The second-order valence-corrected chi connectivity index (χ2v) is 12.8. The first-order valence-corrected chi connectivity index (χ1v) is 16.9. The molecule has 1 heterocycles. The summed E-state index contributed by atoms with van der Waals surface area (Å²) in [5.74, 6) is 0. The van der Waals surface area contributed by atoms with Crippen LogP contribution in [0.5, 0.6) is 0 Å². The summed E-state index contributed by atoms with van der Waals surface area (Å²) in [6, 6.07) is 65.8. The molecule has 0 saturated carbocycles. The highest BCUT2D eigenvalue weighted by atomic mass is 16.3. The third-order valence-corrected chi connectivity index (χ3v) is 10.1. The lowest BCUT2D eigenvalue weighted by Crippen LogP contribution is -1.95. The summed E-state index contributed by atoms with van der Waals surface area (Å²) < 4.78 is 6.40. The van der Waals surface area contributed by atoms with Crippen molar-refractivity contribution < 1.29 is 4.42 Å². The Morgan fingerprint density at radius 3 is 1.51 bits per heavy atom. The van der Waals surface area contributed by atoms with Crippen molar-refractivity contribution in [3.63, 3.8) is 0 Å². The van der Waals surface area contributed by atoms with Crippen LogP contribution in [0, 0.1) is 0 Å².